The van der Waals surface area contributed by atoms with Gasteiger partial charge in [0.15, 0.2) is 0 Å². The lowest BCUT2D eigenvalue weighted by Gasteiger charge is -2.18. The molecule has 0 heterocycles. The first-order valence-electron chi connectivity index (χ1n) is 8.21. The molecule has 0 aliphatic rings. The lowest BCUT2D eigenvalue weighted by atomic mass is 10.1. The topological polar surface area (TPSA) is 70.7 Å². The smallest absolute Gasteiger partial charge is 0.387 e. The maximum atomic E-state index is 12.2. The molecular weight excluding hydrogens is 356 g/mol. The Kier molecular flexibility index (Phi) is 6.70. The van der Waals surface area contributed by atoms with Crippen LogP contribution in [0.25, 0.3) is 0 Å². The molecular formula is C19H21F2N3O3. The predicted octanol–water partition coefficient (Wildman–Crippen LogP) is 3.17. The molecule has 2 rings (SSSR count). The van der Waals surface area contributed by atoms with E-state index >= 15 is 0 Å². The van der Waals surface area contributed by atoms with Gasteiger partial charge < -0.3 is 20.3 Å². The van der Waals surface area contributed by atoms with Gasteiger partial charge in [0, 0.05) is 14.1 Å². The average molecular weight is 377 g/mol. The van der Waals surface area contributed by atoms with E-state index in [-0.39, 0.29) is 5.75 Å². The fraction of sp³-hybridized carbons (Fsp3) is 0.263. The van der Waals surface area contributed by atoms with Crippen molar-refractivity contribution in [1.82, 2.24) is 5.32 Å². The van der Waals surface area contributed by atoms with Crippen LogP contribution in [0.5, 0.6) is 5.75 Å². The number of amides is 2. The molecule has 2 amide bonds. The first-order chi connectivity index (χ1) is 12.8. The Morgan fingerprint density at radius 3 is 2.22 bits per heavy atom. The standard InChI is InChI=1S/C19H21F2N3O3/c1-12(13-8-10-14(11-9-13)27-19(20)21)22-17(25)18(26)23-15-6-4-5-7-16(15)24(2)3/h4-12,19H,1-3H3,(H,22,25)(H,23,26). The van der Waals surface area contributed by atoms with Gasteiger partial charge in [0.05, 0.1) is 17.4 Å². The van der Waals surface area contributed by atoms with Gasteiger partial charge in [0.2, 0.25) is 0 Å². The van der Waals surface area contributed by atoms with Gasteiger partial charge >= 0.3 is 18.4 Å². The van der Waals surface area contributed by atoms with E-state index in [1.54, 1.807) is 31.2 Å². The number of rotatable bonds is 6. The molecule has 6 nitrogen and oxygen atoms in total. The first kappa shape index (κ1) is 20.2. The summed E-state index contributed by atoms with van der Waals surface area (Å²) in [7, 11) is 3.66. The molecule has 0 saturated carbocycles. The van der Waals surface area contributed by atoms with Crippen molar-refractivity contribution in [3.05, 3.63) is 54.1 Å². The highest BCUT2D eigenvalue weighted by Crippen LogP contribution is 2.23. The summed E-state index contributed by atoms with van der Waals surface area (Å²) in [5.41, 5.74) is 1.93. The molecule has 27 heavy (non-hydrogen) atoms. The maximum Gasteiger partial charge on any atom is 0.387 e. The molecule has 0 aromatic heterocycles. The summed E-state index contributed by atoms with van der Waals surface area (Å²) in [5.74, 6) is -1.58. The third-order valence-electron chi connectivity index (χ3n) is 3.79. The van der Waals surface area contributed by atoms with E-state index in [2.05, 4.69) is 15.4 Å². The van der Waals surface area contributed by atoms with Crippen molar-refractivity contribution in [3.8, 4) is 5.75 Å². The zero-order valence-electron chi connectivity index (χ0n) is 15.2. The second-order valence-corrected chi connectivity index (χ2v) is 6.01. The van der Waals surface area contributed by atoms with Crippen LogP contribution < -0.4 is 20.3 Å². The first-order valence-corrected chi connectivity index (χ1v) is 8.21. The third-order valence-corrected chi connectivity index (χ3v) is 3.79. The Bertz CT molecular complexity index is 795. The fourth-order valence-electron chi connectivity index (χ4n) is 2.43. The van der Waals surface area contributed by atoms with Crippen molar-refractivity contribution in [2.45, 2.75) is 19.6 Å². The second-order valence-electron chi connectivity index (χ2n) is 6.01. The normalized spacial score (nSPS) is 11.6. The molecule has 0 bridgehead atoms. The predicted molar refractivity (Wildman–Crippen MR) is 99.0 cm³/mol. The van der Waals surface area contributed by atoms with E-state index in [1.807, 2.05) is 31.1 Å². The van der Waals surface area contributed by atoms with Crippen molar-refractivity contribution >= 4 is 23.2 Å². The number of carbonyl (C=O) groups excluding carboxylic acids is 2. The summed E-state index contributed by atoms with van der Waals surface area (Å²) in [5, 5.41) is 5.15. The van der Waals surface area contributed by atoms with Crippen LogP contribution in [-0.2, 0) is 9.59 Å². The Morgan fingerprint density at radius 1 is 1.00 bits per heavy atom. The van der Waals surface area contributed by atoms with Crippen LogP contribution in [0.15, 0.2) is 48.5 Å². The number of carbonyl (C=O) groups is 2. The SMILES string of the molecule is CC(NC(=O)C(=O)Nc1ccccc1N(C)C)c1ccc(OC(F)F)cc1. The number of nitrogens with one attached hydrogen (secondary N) is 2. The number of ether oxygens (including phenoxy) is 1. The fourth-order valence-corrected chi connectivity index (χ4v) is 2.43. The quantitative estimate of drug-likeness (QED) is 0.759. The van der Waals surface area contributed by atoms with Crippen LogP contribution >= 0.6 is 0 Å². The minimum atomic E-state index is -2.90. The van der Waals surface area contributed by atoms with E-state index in [9.17, 15) is 18.4 Å². The number of hydrogen-bond acceptors (Lipinski definition) is 4. The molecule has 1 atom stereocenters. The summed E-state index contributed by atoms with van der Waals surface area (Å²) in [6, 6.07) is 12.4. The van der Waals surface area contributed by atoms with E-state index < -0.39 is 24.5 Å². The summed E-state index contributed by atoms with van der Waals surface area (Å²) in [6.45, 7) is -1.22. The highest BCUT2D eigenvalue weighted by Gasteiger charge is 2.19. The Hall–Kier alpha value is -3.16. The van der Waals surface area contributed by atoms with Crippen LogP contribution in [-0.4, -0.2) is 32.5 Å². The van der Waals surface area contributed by atoms with Crippen LogP contribution in [0.3, 0.4) is 0 Å². The van der Waals surface area contributed by atoms with Crippen LogP contribution in [0.2, 0.25) is 0 Å². The Balaban J connectivity index is 1.99. The molecule has 2 N–H and O–H groups in total. The van der Waals surface area contributed by atoms with Gasteiger partial charge in [-0.1, -0.05) is 24.3 Å². The molecule has 2 aromatic carbocycles. The summed E-state index contributed by atoms with van der Waals surface area (Å²) in [4.78, 5) is 26.2. The average Bonchev–Trinajstić information content (AvgIpc) is 2.61. The molecule has 0 fully saturated rings. The minimum absolute atomic E-state index is 0.0188. The van der Waals surface area contributed by atoms with E-state index in [0.29, 0.717) is 11.3 Å². The Labute approximate surface area is 156 Å². The zero-order valence-corrected chi connectivity index (χ0v) is 15.2. The molecule has 0 spiro atoms. The van der Waals surface area contributed by atoms with Gasteiger partial charge in [0.25, 0.3) is 0 Å². The summed E-state index contributed by atoms with van der Waals surface area (Å²) in [6.07, 6.45) is 0. The molecule has 1 unspecified atom stereocenters. The van der Waals surface area contributed by atoms with Gasteiger partial charge in [-0.25, -0.2) is 0 Å². The number of nitrogens with zero attached hydrogens (tertiary/aromatic N) is 1. The van der Waals surface area contributed by atoms with E-state index in [4.69, 9.17) is 0 Å². The van der Waals surface area contributed by atoms with Gasteiger partial charge in [-0.2, -0.15) is 8.78 Å². The highest BCUT2D eigenvalue weighted by atomic mass is 19.3. The molecule has 144 valence electrons. The zero-order chi connectivity index (χ0) is 20.0. The molecule has 0 aliphatic heterocycles. The summed E-state index contributed by atoms with van der Waals surface area (Å²) >= 11 is 0. The van der Waals surface area contributed by atoms with E-state index in [1.165, 1.54) is 12.1 Å². The maximum absolute atomic E-state index is 12.2. The molecule has 8 heteroatoms. The highest BCUT2D eigenvalue weighted by molar-refractivity contribution is 6.40. The molecule has 0 aliphatic carbocycles. The number of benzene rings is 2. The number of alkyl halides is 2. The number of para-hydroxylation sites is 2. The van der Waals surface area contributed by atoms with Crippen LogP contribution in [0, 0.1) is 0 Å². The second kappa shape index (κ2) is 8.98. The molecule has 2 aromatic rings. The monoisotopic (exact) mass is 377 g/mol. The van der Waals surface area contributed by atoms with Crippen LogP contribution in [0.1, 0.15) is 18.5 Å². The van der Waals surface area contributed by atoms with Gasteiger partial charge in [-0.3, -0.25) is 9.59 Å². The van der Waals surface area contributed by atoms with E-state index in [0.717, 1.165) is 5.69 Å². The van der Waals surface area contributed by atoms with Gasteiger partial charge in [0.1, 0.15) is 5.75 Å². The largest absolute Gasteiger partial charge is 0.435 e. The molecule has 0 saturated heterocycles. The summed E-state index contributed by atoms with van der Waals surface area (Å²) < 4.78 is 28.6. The number of anilines is 2. The van der Waals surface area contributed by atoms with Crippen molar-refractivity contribution in [2.75, 3.05) is 24.3 Å². The third kappa shape index (κ3) is 5.67. The van der Waals surface area contributed by atoms with Crippen molar-refractivity contribution < 1.29 is 23.1 Å². The lowest BCUT2D eigenvalue weighted by molar-refractivity contribution is -0.136. The van der Waals surface area contributed by atoms with Gasteiger partial charge in [-0.05, 0) is 36.8 Å². The number of hydrogen-bond donors (Lipinski definition) is 2. The molecule has 0 radical (unpaired) electrons. The lowest BCUT2D eigenvalue weighted by Crippen LogP contribution is -2.37. The Morgan fingerprint density at radius 2 is 1.63 bits per heavy atom. The van der Waals surface area contributed by atoms with Crippen molar-refractivity contribution in [3.63, 3.8) is 0 Å². The van der Waals surface area contributed by atoms with Gasteiger partial charge in [-0.15, -0.1) is 0 Å². The van der Waals surface area contributed by atoms with Crippen molar-refractivity contribution in [2.24, 2.45) is 0 Å². The van der Waals surface area contributed by atoms with Crippen molar-refractivity contribution in [1.29, 1.82) is 0 Å². The number of halogens is 2. The minimum Gasteiger partial charge on any atom is -0.435 e. The van der Waals surface area contributed by atoms with Crippen LogP contribution in [0.4, 0.5) is 20.2 Å².